The lowest BCUT2D eigenvalue weighted by molar-refractivity contribution is 0.0384. The van der Waals surface area contributed by atoms with Crippen molar-refractivity contribution in [2.24, 2.45) is 0 Å². The Morgan fingerprint density at radius 1 is 0.882 bits per heavy atom. The fraction of sp³-hybridized carbons (Fsp3) is 0.107. The van der Waals surface area contributed by atoms with E-state index in [9.17, 15) is 0 Å². The average molecular weight is 444 g/mol. The number of hydrogen-bond donors (Lipinski definition) is 2. The Bertz CT molecular complexity index is 1620. The minimum atomic E-state index is -0.0200. The van der Waals surface area contributed by atoms with Crippen molar-refractivity contribution < 1.29 is 4.74 Å². The molecule has 6 heteroatoms. The summed E-state index contributed by atoms with van der Waals surface area (Å²) in [5.41, 5.74) is 8.05. The van der Waals surface area contributed by atoms with Crippen LogP contribution < -0.4 is 0 Å². The van der Waals surface area contributed by atoms with Crippen molar-refractivity contribution in [3.63, 3.8) is 0 Å². The van der Waals surface area contributed by atoms with Gasteiger partial charge < -0.3 is 14.7 Å². The first-order valence-corrected chi connectivity index (χ1v) is 11.4. The van der Waals surface area contributed by atoms with E-state index in [1.165, 1.54) is 5.56 Å². The van der Waals surface area contributed by atoms with Crippen molar-refractivity contribution in [1.29, 1.82) is 0 Å². The molecule has 164 valence electrons. The lowest BCUT2D eigenvalue weighted by Crippen LogP contribution is -2.08. The smallest absolute Gasteiger partial charge is 0.140 e. The number of aromatic amines is 2. The highest BCUT2D eigenvalue weighted by Crippen LogP contribution is 2.38. The number of hydrogen-bond acceptors (Lipinski definition) is 4. The van der Waals surface area contributed by atoms with Crippen LogP contribution in [0.5, 0.6) is 0 Å². The number of rotatable bonds is 4. The second-order valence-corrected chi connectivity index (χ2v) is 8.56. The molecule has 1 unspecified atom stereocenters. The molecular weight excluding hydrogens is 422 g/mol. The van der Waals surface area contributed by atoms with E-state index in [1.54, 1.807) is 6.20 Å². The molecule has 0 aliphatic heterocycles. The van der Waals surface area contributed by atoms with Crippen LogP contribution in [0.2, 0.25) is 0 Å². The van der Waals surface area contributed by atoms with Crippen LogP contribution in [0.4, 0.5) is 0 Å². The molecule has 1 atom stereocenters. The van der Waals surface area contributed by atoms with Crippen LogP contribution in [-0.4, -0.2) is 24.9 Å². The largest absolute Gasteiger partial charge is 0.367 e. The van der Waals surface area contributed by atoms with Gasteiger partial charge in [0.05, 0.1) is 34.4 Å². The Kier molecular flexibility index (Phi) is 4.32. The van der Waals surface area contributed by atoms with Crippen LogP contribution in [0, 0.1) is 0 Å². The maximum atomic E-state index is 6.29. The summed E-state index contributed by atoms with van der Waals surface area (Å²) in [6.45, 7) is 0.579. The van der Waals surface area contributed by atoms with E-state index in [0.717, 1.165) is 61.9 Å². The van der Waals surface area contributed by atoms with Gasteiger partial charge in [0, 0.05) is 40.5 Å². The standard InChI is InChI=1S/C28H21N5O/c1-2-7-17(8-3-1)16-34-22-12-4-9-18-21(15-31-23(18)22)28-32-26-19-10-5-13-29-24(19)25-20(27(26)33-28)11-6-14-30-25/h1-11,13-15,22,31H,12,16H2,(H,32,33). The number of benzene rings is 2. The molecule has 4 heterocycles. The predicted octanol–water partition coefficient (Wildman–Crippen LogP) is 6.33. The van der Waals surface area contributed by atoms with Gasteiger partial charge in [-0.3, -0.25) is 9.97 Å². The number of pyridine rings is 2. The van der Waals surface area contributed by atoms with Crippen LogP contribution >= 0.6 is 0 Å². The molecule has 4 aromatic heterocycles. The highest BCUT2D eigenvalue weighted by molar-refractivity contribution is 6.21. The third-order valence-electron chi connectivity index (χ3n) is 6.53. The first kappa shape index (κ1) is 19.2. The van der Waals surface area contributed by atoms with E-state index in [-0.39, 0.29) is 6.10 Å². The van der Waals surface area contributed by atoms with Crippen molar-refractivity contribution in [2.75, 3.05) is 0 Å². The van der Waals surface area contributed by atoms with Gasteiger partial charge in [0.1, 0.15) is 11.9 Å². The quantitative estimate of drug-likeness (QED) is 0.312. The number of nitrogens with one attached hydrogen (secondary N) is 2. The third kappa shape index (κ3) is 2.96. The highest BCUT2D eigenvalue weighted by Gasteiger charge is 2.24. The van der Waals surface area contributed by atoms with Gasteiger partial charge >= 0.3 is 0 Å². The number of aromatic nitrogens is 5. The normalized spacial score (nSPS) is 15.4. The zero-order chi connectivity index (χ0) is 22.5. The first-order valence-electron chi connectivity index (χ1n) is 11.4. The van der Waals surface area contributed by atoms with E-state index in [0.29, 0.717) is 6.61 Å². The van der Waals surface area contributed by atoms with Crippen LogP contribution in [0.3, 0.4) is 0 Å². The van der Waals surface area contributed by atoms with Crippen molar-refractivity contribution in [3.8, 4) is 11.4 Å². The van der Waals surface area contributed by atoms with Gasteiger partial charge in [-0.2, -0.15) is 0 Å². The van der Waals surface area contributed by atoms with E-state index in [4.69, 9.17) is 9.72 Å². The fourth-order valence-electron chi connectivity index (χ4n) is 4.91. The fourth-order valence-corrected chi connectivity index (χ4v) is 4.91. The molecular formula is C28H21N5O. The molecule has 1 aliphatic carbocycles. The molecule has 6 nitrogen and oxygen atoms in total. The molecule has 7 rings (SSSR count). The molecule has 0 amide bonds. The lowest BCUT2D eigenvalue weighted by Gasteiger charge is -2.20. The lowest BCUT2D eigenvalue weighted by atomic mass is 9.99. The maximum absolute atomic E-state index is 6.29. The van der Waals surface area contributed by atoms with Gasteiger partial charge in [0.2, 0.25) is 0 Å². The summed E-state index contributed by atoms with van der Waals surface area (Å²) in [7, 11) is 0. The number of nitrogens with zero attached hydrogens (tertiary/aromatic N) is 3. The summed E-state index contributed by atoms with van der Waals surface area (Å²) in [6.07, 6.45) is 10.8. The molecule has 2 aromatic carbocycles. The van der Waals surface area contributed by atoms with Crippen LogP contribution in [0.25, 0.3) is 50.3 Å². The molecule has 0 radical (unpaired) electrons. The molecule has 2 N–H and O–H groups in total. The number of H-pyrrole nitrogens is 2. The Hall–Kier alpha value is -4.29. The molecule has 0 bridgehead atoms. The Labute approximate surface area is 195 Å². The summed E-state index contributed by atoms with van der Waals surface area (Å²) in [5.74, 6) is 0.822. The predicted molar refractivity (Wildman–Crippen MR) is 134 cm³/mol. The van der Waals surface area contributed by atoms with Gasteiger partial charge in [-0.1, -0.05) is 42.5 Å². The summed E-state index contributed by atoms with van der Waals surface area (Å²) in [5, 5.41) is 2.02. The van der Waals surface area contributed by atoms with Crippen molar-refractivity contribution in [3.05, 3.63) is 96.1 Å². The molecule has 1 aliphatic rings. The SMILES string of the molecule is C1=Cc2c(-c3nc4c5cccnc5c5ncccc5c4[nH]3)c[nH]c2C(OCc2ccccc2)C1. The first-order chi connectivity index (χ1) is 16.9. The van der Waals surface area contributed by atoms with Crippen molar-refractivity contribution >= 4 is 38.9 Å². The zero-order valence-electron chi connectivity index (χ0n) is 18.3. The Balaban J connectivity index is 1.33. The highest BCUT2D eigenvalue weighted by atomic mass is 16.5. The minimum Gasteiger partial charge on any atom is -0.367 e. The van der Waals surface area contributed by atoms with Gasteiger partial charge in [0.15, 0.2) is 0 Å². The van der Waals surface area contributed by atoms with E-state index in [2.05, 4.69) is 56.4 Å². The minimum absolute atomic E-state index is 0.0200. The van der Waals surface area contributed by atoms with Crippen molar-refractivity contribution in [1.82, 2.24) is 24.9 Å². The summed E-state index contributed by atoms with van der Waals surface area (Å²) in [6, 6.07) is 18.3. The second kappa shape index (κ2) is 7.64. The number of imidazole rings is 1. The third-order valence-corrected chi connectivity index (χ3v) is 6.53. The zero-order valence-corrected chi connectivity index (χ0v) is 18.3. The Morgan fingerprint density at radius 2 is 1.68 bits per heavy atom. The number of ether oxygens (including phenoxy) is 1. The average Bonchev–Trinajstić information content (AvgIpc) is 3.53. The number of fused-ring (bicyclic) bond motifs is 7. The molecule has 0 spiro atoms. The second-order valence-electron chi connectivity index (χ2n) is 8.56. The van der Waals surface area contributed by atoms with Gasteiger partial charge in [0.25, 0.3) is 0 Å². The molecule has 0 saturated carbocycles. The van der Waals surface area contributed by atoms with Gasteiger partial charge in [-0.15, -0.1) is 0 Å². The van der Waals surface area contributed by atoms with E-state index >= 15 is 0 Å². The summed E-state index contributed by atoms with van der Waals surface area (Å²) >= 11 is 0. The topological polar surface area (TPSA) is 79.5 Å². The van der Waals surface area contributed by atoms with Crippen LogP contribution in [0.15, 0.2) is 79.3 Å². The van der Waals surface area contributed by atoms with Crippen LogP contribution in [-0.2, 0) is 11.3 Å². The summed E-state index contributed by atoms with van der Waals surface area (Å²) < 4.78 is 6.29. The van der Waals surface area contributed by atoms with E-state index in [1.807, 2.05) is 42.7 Å². The Morgan fingerprint density at radius 3 is 2.53 bits per heavy atom. The monoisotopic (exact) mass is 443 g/mol. The molecule has 0 fully saturated rings. The van der Waals surface area contributed by atoms with Gasteiger partial charge in [-0.25, -0.2) is 4.98 Å². The molecule has 34 heavy (non-hydrogen) atoms. The molecule has 6 aromatic rings. The summed E-state index contributed by atoms with van der Waals surface area (Å²) in [4.78, 5) is 21.3. The van der Waals surface area contributed by atoms with Gasteiger partial charge in [-0.05, 0) is 36.2 Å². The molecule has 0 saturated heterocycles. The van der Waals surface area contributed by atoms with E-state index < -0.39 is 0 Å². The van der Waals surface area contributed by atoms with Crippen molar-refractivity contribution in [2.45, 2.75) is 19.1 Å². The maximum Gasteiger partial charge on any atom is 0.140 e. The van der Waals surface area contributed by atoms with Crippen LogP contribution in [0.1, 0.15) is 29.3 Å².